The summed E-state index contributed by atoms with van der Waals surface area (Å²) >= 11 is 0. The normalized spacial score (nSPS) is 15.4. The van der Waals surface area contributed by atoms with Crippen LogP contribution in [0.15, 0.2) is 170 Å². The molecule has 9 aromatic rings. The van der Waals surface area contributed by atoms with Crippen molar-refractivity contribution in [2.75, 3.05) is 0 Å². The van der Waals surface area contributed by atoms with Crippen molar-refractivity contribution < 1.29 is 8.22 Å². The van der Waals surface area contributed by atoms with Gasteiger partial charge in [-0.05, 0) is 96.4 Å². The second-order valence-corrected chi connectivity index (χ2v) is 13.1. The highest BCUT2D eigenvalue weighted by Gasteiger charge is 2.35. The first-order valence-corrected chi connectivity index (χ1v) is 16.9. The van der Waals surface area contributed by atoms with Crippen molar-refractivity contribution in [2.45, 2.75) is 19.1 Å². The van der Waals surface area contributed by atoms with Gasteiger partial charge in [-0.2, -0.15) is 0 Å². The van der Waals surface area contributed by atoms with Gasteiger partial charge in [0.15, 0.2) is 0 Å². The summed E-state index contributed by atoms with van der Waals surface area (Å²) in [7, 11) is 0. The lowest BCUT2D eigenvalue weighted by molar-refractivity contribution is 0.660. The molecule has 0 aliphatic heterocycles. The van der Waals surface area contributed by atoms with Gasteiger partial charge in [0.2, 0.25) is 0 Å². The fraction of sp³-hybridized carbons (Fsp3) is 0.0625. The molecule has 1 heterocycles. The molecule has 1 aliphatic carbocycles. The van der Waals surface area contributed by atoms with Crippen molar-refractivity contribution in [3.8, 4) is 50.5 Å². The Hall–Kier alpha value is -6.25. The monoisotopic (exact) mass is 644 g/mol. The lowest BCUT2D eigenvalue weighted by Gasteiger charge is -2.23. The van der Waals surface area contributed by atoms with Gasteiger partial charge in [-0.1, -0.05) is 153 Å². The maximum Gasteiger partial charge on any atom is 0.145 e. The van der Waals surface area contributed by atoms with E-state index >= 15 is 0 Å². The number of rotatable bonds is 4. The third-order valence-electron chi connectivity index (χ3n) is 10.3. The molecule has 0 radical (unpaired) electrons. The third kappa shape index (κ3) is 4.18. The Kier molecular flexibility index (Phi) is 5.04. The van der Waals surface area contributed by atoms with E-state index in [4.69, 9.17) is 13.2 Å². The number of hydrogen-bond donors (Lipinski definition) is 0. The summed E-state index contributed by atoms with van der Waals surface area (Å²) in [6, 6.07) is 56.4. The van der Waals surface area contributed by atoms with Crippen molar-refractivity contribution in [2.24, 2.45) is 0 Å². The van der Waals surface area contributed by atoms with E-state index in [1.807, 2.05) is 91.0 Å². The molecule has 1 aromatic heterocycles. The van der Waals surface area contributed by atoms with Gasteiger partial charge in [0.05, 0.1) is 11.0 Å². The van der Waals surface area contributed by atoms with Crippen LogP contribution in [0.4, 0.5) is 0 Å². The molecule has 0 spiro atoms. The summed E-state index contributed by atoms with van der Waals surface area (Å²) in [6.07, 6.45) is 0. The molecule has 10 rings (SSSR count). The van der Waals surface area contributed by atoms with E-state index in [0.29, 0.717) is 22.3 Å². The predicted octanol–water partition coefficient (Wildman–Crippen LogP) is 12.6. The highest BCUT2D eigenvalue weighted by atomic mass is 15.1. The van der Waals surface area contributed by atoms with Crippen LogP contribution in [-0.2, 0) is 5.41 Å². The van der Waals surface area contributed by atoms with Crippen molar-refractivity contribution in [1.29, 1.82) is 0 Å². The third-order valence-corrected chi connectivity index (χ3v) is 10.3. The van der Waals surface area contributed by atoms with Crippen molar-refractivity contribution in [1.82, 2.24) is 9.55 Å². The molecule has 0 unspecified atom stereocenters. The van der Waals surface area contributed by atoms with E-state index in [1.54, 1.807) is 12.1 Å². The second kappa shape index (κ2) is 10.9. The van der Waals surface area contributed by atoms with Gasteiger partial charge in [-0.25, -0.2) is 4.98 Å². The summed E-state index contributed by atoms with van der Waals surface area (Å²) in [5.41, 5.74) is 7.44. The van der Waals surface area contributed by atoms with Crippen LogP contribution in [0.5, 0.6) is 0 Å². The second-order valence-electron chi connectivity index (χ2n) is 13.1. The number of benzene rings is 8. The Morgan fingerprint density at radius 3 is 1.78 bits per heavy atom. The van der Waals surface area contributed by atoms with Crippen LogP contribution in [0.25, 0.3) is 83.0 Å². The average Bonchev–Trinajstić information content (AvgIpc) is 3.75. The number of fused-ring (bicyclic) bond motifs is 6. The molecule has 8 aromatic carbocycles. The van der Waals surface area contributed by atoms with Crippen LogP contribution in [0.3, 0.4) is 0 Å². The van der Waals surface area contributed by atoms with Crippen LogP contribution in [0.1, 0.15) is 33.1 Å². The van der Waals surface area contributed by atoms with Gasteiger partial charge in [0.1, 0.15) is 5.82 Å². The Balaban J connectivity index is 1.23. The average molecular weight is 645 g/mol. The Labute approximate surface area is 300 Å². The number of para-hydroxylation sites is 2. The zero-order chi connectivity index (χ0) is 38.4. The summed E-state index contributed by atoms with van der Waals surface area (Å²) in [5, 5.41) is 4.01. The molecule has 1 aliphatic rings. The van der Waals surface area contributed by atoms with Crippen LogP contribution >= 0.6 is 0 Å². The van der Waals surface area contributed by atoms with Gasteiger partial charge in [0, 0.05) is 24.9 Å². The van der Waals surface area contributed by atoms with Gasteiger partial charge < -0.3 is 0 Å². The molecule has 0 saturated heterocycles. The number of imidazole rings is 1. The zero-order valence-corrected chi connectivity index (χ0v) is 27.1. The van der Waals surface area contributed by atoms with Crippen LogP contribution in [0, 0.1) is 0 Å². The molecule has 236 valence electrons. The predicted molar refractivity (Wildman–Crippen MR) is 210 cm³/mol. The molecule has 2 nitrogen and oxygen atoms in total. The molecular weight excluding hydrogens is 605 g/mol. The Morgan fingerprint density at radius 2 is 1.06 bits per heavy atom. The summed E-state index contributed by atoms with van der Waals surface area (Å²) in [4.78, 5) is 5.08. The molecule has 50 heavy (non-hydrogen) atoms. The number of aromatic nitrogens is 2. The quantitative estimate of drug-likeness (QED) is 0.174. The smallest absolute Gasteiger partial charge is 0.145 e. The summed E-state index contributed by atoms with van der Waals surface area (Å²) in [6.45, 7) is -5.70. The summed E-state index contributed by atoms with van der Waals surface area (Å²) < 4.78 is 55.0. The van der Waals surface area contributed by atoms with Crippen LogP contribution < -0.4 is 0 Å². The topological polar surface area (TPSA) is 17.8 Å². The molecule has 0 atom stereocenters. The minimum atomic E-state index is -2.85. The highest BCUT2D eigenvalue weighted by molar-refractivity contribution is 6.21. The van der Waals surface area contributed by atoms with Gasteiger partial charge in [0.25, 0.3) is 0 Å². The fourth-order valence-corrected chi connectivity index (χ4v) is 8.05. The van der Waals surface area contributed by atoms with Crippen molar-refractivity contribution >= 4 is 32.6 Å². The number of nitrogens with zero attached hydrogens (tertiary/aromatic N) is 2. The standard InChI is InChI=1S/C48H34N2/c1-48(2)41-24-11-10-19-35(41)36-28-27-33(30-42(36)48)46-39-22-8-6-20-37(39)45(38-21-7-9-23-40(38)46)32-17-14-18-34(29-32)50-44-26-13-12-25-43(44)49-47(50)31-15-4-3-5-16-31/h3-30H,1-2H3/i1D3,2D3. The minimum absolute atomic E-state index is 0.308. The van der Waals surface area contributed by atoms with E-state index in [9.17, 15) is 0 Å². The lowest BCUT2D eigenvalue weighted by atomic mass is 9.80. The van der Waals surface area contributed by atoms with Crippen LogP contribution in [0.2, 0.25) is 0 Å². The molecule has 0 bridgehead atoms. The molecule has 0 fully saturated rings. The van der Waals surface area contributed by atoms with Crippen LogP contribution in [-0.4, -0.2) is 9.55 Å². The first-order valence-electron chi connectivity index (χ1n) is 19.9. The van der Waals surface area contributed by atoms with E-state index in [-0.39, 0.29) is 0 Å². The van der Waals surface area contributed by atoms with E-state index in [2.05, 4.69) is 71.3 Å². The van der Waals surface area contributed by atoms with Crippen molar-refractivity contribution in [3.05, 3.63) is 181 Å². The molecule has 2 heteroatoms. The minimum Gasteiger partial charge on any atom is -0.292 e. The molecule has 0 saturated carbocycles. The van der Waals surface area contributed by atoms with Gasteiger partial charge in [-0.15, -0.1) is 0 Å². The number of hydrogen-bond acceptors (Lipinski definition) is 1. The van der Waals surface area contributed by atoms with E-state index < -0.39 is 19.1 Å². The Bertz CT molecular complexity index is 2940. The Morgan fingerprint density at radius 1 is 0.480 bits per heavy atom. The molecular formula is C48H34N2. The van der Waals surface area contributed by atoms with E-state index in [0.717, 1.165) is 71.9 Å². The maximum atomic E-state index is 8.80. The summed E-state index contributed by atoms with van der Waals surface area (Å²) in [5.74, 6) is 0.859. The lowest BCUT2D eigenvalue weighted by Crippen LogP contribution is -2.14. The maximum absolute atomic E-state index is 8.80. The zero-order valence-electron chi connectivity index (χ0n) is 33.1. The molecule has 0 amide bonds. The first kappa shape index (κ1) is 23.2. The van der Waals surface area contributed by atoms with Gasteiger partial charge in [-0.3, -0.25) is 4.57 Å². The first-order chi connectivity index (χ1) is 27.1. The van der Waals surface area contributed by atoms with Gasteiger partial charge >= 0.3 is 0 Å². The van der Waals surface area contributed by atoms with E-state index in [1.165, 1.54) is 0 Å². The molecule has 0 N–H and O–H groups in total. The largest absolute Gasteiger partial charge is 0.292 e. The SMILES string of the molecule is [2H]C([2H])([2H])C1(C([2H])([2H])[2H])c2ccccc2-c2ccc(-c3c4ccccc4c(-c4cccc(-n5c(-c6ccccc6)nc6ccccc65)c4)c4ccccc34)cc21. The van der Waals surface area contributed by atoms with Crippen molar-refractivity contribution in [3.63, 3.8) is 0 Å². The fourth-order valence-electron chi connectivity index (χ4n) is 8.05. The highest BCUT2D eigenvalue weighted by Crippen LogP contribution is 2.51.